The number of hydrogen-bond acceptors (Lipinski definition) is 4. The van der Waals surface area contributed by atoms with E-state index in [1.54, 1.807) is 0 Å². The number of carbonyl (C=O) groups is 1. The summed E-state index contributed by atoms with van der Waals surface area (Å²) >= 11 is 0. The molecule has 1 rings (SSSR count). The van der Waals surface area contributed by atoms with Crippen LogP contribution in [0.25, 0.3) is 0 Å². The molecular formula is C17H34N2O2. The van der Waals surface area contributed by atoms with Crippen LogP contribution in [0.1, 0.15) is 65.7 Å². The summed E-state index contributed by atoms with van der Waals surface area (Å²) in [5.74, 6) is -0.0738. The van der Waals surface area contributed by atoms with E-state index in [4.69, 9.17) is 4.74 Å². The lowest BCUT2D eigenvalue weighted by Gasteiger charge is -2.25. The highest BCUT2D eigenvalue weighted by Gasteiger charge is 2.29. The average Bonchev–Trinajstić information content (AvgIpc) is 3.29. The van der Waals surface area contributed by atoms with Crippen LogP contribution in [-0.2, 0) is 9.53 Å². The van der Waals surface area contributed by atoms with E-state index in [1.807, 2.05) is 6.92 Å². The summed E-state index contributed by atoms with van der Waals surface area (Å²) in [6, 6.07) is 0.419. The molecule has 21 heavy (non-hydrogen) atoms. The van der Waals surface area contributed by atoms with E-state index in [2.05, 4.69) is 24.1 Å². The lowest BCUT2D eigenvalue weighted by molar-refractivity contribution is -0.146. The summed E-state index contributed by atoms with van der Waals surface area (Å²) in [4.78, 5) is 14.6. The molecule has 4 heteroatoms. The maximum Gasteiger partial charge on any atom is 0.323 e. The summed E-state index contributed by atoms with van der Waals surface area (Å²) in [6.45, 7) is 10.1. The maximum atomic E-state index is 12.0. The molecule has 4 nitrogen and oxygen atoms in total. The van der Waals surface area contributed by atoms with Crippen molar-refractivity contribution in [3.05, 3.63) is 0 Å². The highest BCUT2D eigenvalue weighted by Crippen LogP contribution is 2.20. The Bertz CT molecular complexity index is 272. The first kappa shape index (κ1) is 18.4. The number of esters is 1. The van der Waals surface area contributed by atoms with Gasteiger partial charge in [-0.3, -0.25) is 4.79 Å². The number of ether oxygens (including phenoxy) is 1. The number of nitrogens with zero attached hydrogens (tertiary/aromatic N) is 1. The lowest BCUT2D eigenvalue weighted by atomic mass is 10.1. The zero-order valence-corrected chi connectivity index (χ0v) is 14.2. The van der Waals surface area contributed by atoms with Crippen LogP contribution in [0, 0.1) is 0 Å². The number of hydrogen-bond donors (Lipinski definition) is 1. The van der Waals surface area contributed by atoms with Gasteiger partial charge in [-0.2, -0.15) is 0 Å². The molecule has 0 aromatic heterocycles. The molecule has 1 aliphatic rings. The van der Waals surface area contributed by atoms with Crippen LogP contribution in [0.3, 0.4) is 0 Å². The first-order chi connectivity index (χ1) is 10.2. The fraction of sp³-hybridized carbons (Fsp3) is 0.941. The second-order valence-corrected chi connectivity index (χ2v) is 6.08. The summed E-state index contributed by atoms with van der Waals surface area (Å²) < 4.78 is 5.21. The van der Waals surface area contributed by atoms with E-state index in [9.17, 15) is 4.79 Å². The van der Waals surface area contributed by atoms with Crippen LogP contribution < -0.4 is 5.32 Å². The minimum atomic E-state index is -0.122. The zero-order chi connectivity index (χ0) is 15.5. The maximum absolute atomic E-state index is 12.0. The van der Waals surface area contributed by atoms with Gasteiger partial charge >= 0.3 is 5.97 Å². The SMILES string of the molecule is CCCCN(CCCC)CCC(NC1CC1)C(=O)OCC. The van der Waals surface area contributed by atoms with Crippen molar-refractivity contribution in [3.8, 4) is 0 Å². The molecule has 0 amide bonds. The van der Waals surface area contributed by atoms with E-state index in [0.29, 0.717) is 12.6 Å². The second-order valence-electron chi connectivity index (χ2n) is 6.08. The van der Waals surface area contributed by atoms with Crippen molar-refractivity contribution < 1.29 is 9.53 Å². The normalized spacial score (nSPS) is 16.2. The van der Waals surface area contributed by atoms with Crippen LogP contribution >= 0.6 is 0 Å². The molecule has 0 radical (unpaired) electrons. The van der Waals surface area contributed by atoms with Gasteiger partial charge in [-0.25, -0.2) is 0 Å². The third-order valence-corrected chi connectivity index (χ3v) is 3.98. The topological polar surface area (TPSA) is 41.6 Å². The molecule has 1 fully saturated rings. The molecule has 0 aromatic carbocycles. The van der Waals surface area contributed by atoms with E-state index in [0.717, 1.165) is 26.1 Å². The highest BCUT2D eigenvalue weighted by atomic mass is 16.5. The second kappa shape index (κ2) is 11.0. The largest absolute Gasteiger partial charge is 0.465 e. The third kappa shape index (κ3) is 8.42. The zero-order valence-electron chi connectivity index (χ0n) is 14.2. The number of unbranched alkanes of at least 4 members (excludes halogenated alkanes) is 2. The predicted octanol–water partition coefficient (Wildman–Crippen LogP) is 2.96. The Hall–Kier alpha value is -0.610. The van der Waals surface area contributed by atoms with Crippen molar-refractivity contribution in [1.29, 1.82) is 0 Å². The van der Waals surface area contributed by atoms with Crippen LogP contribution in [-0.4, -0.2) is 49.2 Å². The van der Waals surface area contributed by atoms with E-state index >= 15 is 0 Å². The fourth-order valence-electron chi connectivity index (χ4n) is 2.46. The average molecular weight is 298 g/mol. The Morgan fingerprint density at radius 3 is 2.24 bits per heavy atom. The molecule has 0 spiro atoms. The molecule has 0 bridgehead atoms. The molecule has 0 saturated heterocycles. The lowest BCUT2D eigenvalue weighted by Crippen LogP contribution is -2.42. The van der Waals surface area contributed by atoms with Crippen molar-refractivity contribution >= 4 is 5.97 Å². The Morgan fingerprint density at radius 1 is 1.14 bits per heavy atom. The van der Waals surface area contributed by atoms with Gasteiger partial charge in [0.05, 0.1) is 6.61 Å². The smallest absolute Gasteiger partial charge is 0.323 e. The molecule has 1 saturated carbocycles. The van der Waals surface area contributed by atoms with Gasteiger partial charge < -0.3 is 15.0 Å². The van der Waals surface area contributed by atoms with Crippen molar-refractivity contribution in [1.82, 2.24) is 10.2 Å². The first-order valence-electron chi connectivity index (χ1n) is 8.86. The Kier molecular flexibility index (Phi) is 9.68. The summed E-state index contributed by atoms with van der Waals surface area (Å²) in [5, 5.41) is 3.44. The molecular weight excluding hydrogens is 264 g/mol. The van der Waals surface area contributed by atoms with Crippen molar-refractivity contribution in [2.24, 2.45) is 0 Å². The number of rotatable bonds is 13. The van der Waals surface area contributed by atoms with E-state index in [1.165, 1.54) is 38.5 Å². The molecule has 1 aliphatic carbocycles. The Morgan fingerprint density at radius 2 is 1.76 bits per heavy atom. The summed E-state index contributed by atoms with van der Waals surface area (Å²) in [6.07, 6.45) is 8.20. The minimum absolute atomic E-state index is 0.0738. The standard InChI is InChI=1S/C17H34N2O2/c1-4-7-12-19(13-8-5-2)14-11-16(17(20)21-6-3)18-15-9-10-15/h15-16,18H,4-14H2,1-3H3. The molecule has 1 N–H and O–H groups in total. The summed E-state index contributed by atoms with van der Waals surface area (Å²) in [5.41, 5.74) is 0. The predicted molar refractivity (Wildman–Crippen MR) is 87.5 cm³/mol. The monoisotopic (exact) mass is 298 g/mol. The Labute approximate surface area is 130 Å². The van der Waals surface area contributed by atoms with Crippen LogP contribution in [0.15, 0.2) is 0 Å². The quantitative estimate of drug-likeness (QED) is 0.531. The van der Waals surface area contributed by atoms with Gasteiger partial charge in [-0.1, -0.05) is 26.7 Å². The fourth-order valence-corrected chi connectivity index (χ4v) is 2.46. The van der Waals surface area contributed by atoms with E-state index < -0.39 is 0 Å². The van der Waals surface area contributed by atoms with Crippen LogP contribution in [0.2, 0.25) is 0 Å². The van der Waals surface area contributed by atoms with Gasteiger partial charge in [0.1, 0.15) is 6.04 Å². The molecule has 1 unspecified atom stereocenters. The third-order valence-electron chi connectivity index (χ3n) is 3.98. The van der Waals surface area contributed by atoms with Crippen molar-refractivity contribution in [2.75, 3.05) is 26.2 Å². The van der Waals surface area contributed by atoms with Gasteiger partial charge in [0.15, 0.2) is 0 Å². The number of carbonyl (C=O) groups excluding carboxylic acids is 1. The van der Waals surface area contributed by atoms with Gasteiger partial charge in [-0.15, -0.1) is 0 Å². The molecule has 0 aromatic rings. The Balaban J connectivity index is 2.39. The summed E-state index contributed by atoms with van der Waals surface area (Å²) in [7, 11) is 0. The van der Waals surface area contributed by atoms with Crippen molar-refractivity contribution in [3.63, 3.8) is 0 Å². The van der Waals surface area contributed by atoms with Gasteiger partial charge in [0.25, 0.3) is 0 Å². The molecule has 0 heterocycles. The van der Waals surface area contributed by atoms with Gasteiger partial charge in [-0.05, 0) is 52.1 Å². The van der Waals surface area contributed by atoms with Crippen LogP contribution in [0.4, 0.5) is 0 Å². The molecule has 1 atom stereocenters. The van der Waals surface area contributed by atoms with Crippen LogP contribution in [0.5, 0.6) is 0 Å². The highest BCUT2D eigenvalue weighted by molar-refractivity contribution is 5.75. The minimum Gasteiger partial charge on any atom is -0.465 e. The van der Waals surface area contributed by atoms with Crippen molar-refractivity contribution in [2.45, 2.75) is 77.8 Å². The molecule has 124 valence electrons. The molecule has 0 aliphatic heterocycles. The first-order valence-corrected chi connectivity index (χ1v) is 8.86. The van der Waals surface area contributed by atoms with Gasteiger partial charge in [0.2, 0.25) is 0 Å². The van der Waals surface area contributed by atoms with Gasteiger partial charge in [0, 0.05) is 12.6 Å². The number of nitrogens with one attached hydrogen (secondary N) is 1. The van der Waals surface area contributed by atoms with E-state index in [-0.39, 0.29) is 12.0 Å².